The fourth-order valence-corrected chi connectivity index (χ4v) is 7.11. The number of Topliss-reactive ketones (excluding diaryl/α,β-unsaturated/α-hetero) is 3. The van der Waals surface area contributed by atoms with Gasteiger partial charge in [-0.1, -0.05) is 53.7 Å². The van der Waals surface area contributed by atoms with E-state index in [4.69, 9.17) is 0 Å². The highest BCUT2D eigenvalue weighted by Gasteiger charge is 2.74. The first-order chi connectivity index (χ1) is 15.5. The average Bonchev–Trinajstić information content (AvgIpc) is 2.69. The molecule has 0 bridgehead atoms. The van der Waals surface area contributed by atoms with Gasteiger partial charge in [-0.25, -0.2) is 0 Å². The molecule has 4 rings (SSSR count). The number of allylic oxidation sites excluding steroid dienone is 1. The number of hydrogen-bond donors (Lipinski definition) is 4. The van der Waals surface area contributed by atoms with Crippen molar-refractivity contribution in [2.75, 3.05) is 0 Å². The SMILES string of the molecule is CC(=O)C1=C(O)[C@]2(O)C(=O)C3=C(O)c4c(O)cccc4C(C)(C)[C@]3(C)C[C@]2(C)C(C(C)C)C1=O. The van der Waals surface area contributed by atoms with Crippen LogP contribution in [0.15, 0.2) is 35.1 Å². The Hall–Kier alpha value is -2.93. The summed E-state index contributed by atoms with van der Waals surface area (Å²) in [5.41, 5.74) is -5.93. The molecule has 34 heavy (non-hydrogen) atoms. The summed E-state index contributed by atoms with van der Waals surface area (Å²) in [6, 6.07) is 4.84. The number of aromatic hydroxyl groups is 1. The number of benzene rings is 1. The number of carbonyl (C=O) groups is 3. The van der Waals surface area contributed by atoms with E-state index in [0.29, 0.717) is 5.56 Å². The van der Waals surface area contributed by atoms with Gasteiger partial charge in [-0.2, -0.15) is 0 Å². The Labute approximate surface area is 198 Å². The molecule has 0 radical (unpaired) electrons. The topological polar surface area (TPSA) is 132 Å². The molecule has 4 N–H and O–H groups in total. The monoisotopic (exact) mass is 468 g/mol. The molecular weight excluding hydrogens is 436 g/mol. The van der Waals surface area contributed by atoms with Gasteiger partial charge in [-0.3, -0.25) is 14.4 Å². The van der Waals surface area contributed by atoms with E-state index in [-0.39, 0.29) is 29.2 Å². The van der Waals surface area contributed by atoms with Gasteiger partial charge in [-0.15, -0.1) is 0 Å². The van der Waals surface area contributed by atoms with Crippen molar-refractivity contribution in [2.45, 2.75) is 65.9 Å². The Morgan fingerprint density at radius 3 is 2.18 bits per heavy atom. The van der Waals surface area contributed by atoms with Crippen molar-refractivity contribution < 1.29 is 34.8 Å². The second-order valence-electron chi connectivity index (χ2n) is 11.4. The molecule has 182 valence electrons. The number of aliphatic hydroxyl groups excluding tert-OH is 2. The highest BCUT2D eigenvalue weighted by Crippen LogP contribution is 2.69. The smallest absolute Gasteiger partial charge is 0.203 e. The van der Waals surface area contributed by atoms with Crippen LogP contribution in [-0.2, 0) is 19.8 Å². The maximum absolute atomic E-state index is 14.2. The number of fused-ring (bicyclic) bond motifs is 3. The zero-order valence-corrected chi connectivity index (χ0v) is 20.6. The molecule has 0 aromatic heterocycles. The molecule has 1 aromatic carbocycles. The van der Waals surface area contributed by atoms with Crippen molar-refractivity contribution >= 4 is 23.1 Å². The average molecular weight is 469 g/mol. The van der Waals surface area contributed by atoms with Gasteiger partial charge >= 0.3 is 0 Å². The normalized spacial score (nSPS) is 34.7. The van der Waals surface area contributed by atoms with Gasteiger partial charge in [0, 0.05) is 27.7 Å². The number of hydrogen-bond acceptors (Lipinski definition) is 7. The molecule has 1 fully saturated rings. The summed E-state index contributed by atoms with van der Waals surface area (Å²) in [7, 11) is 0. The van der Waals surface area contributed by atoms with Gasteiger partial charge in [0.05, 0.1) is 5.56 Å². The number of phenolic OH excluding ortho intramolecular Hbond substituents is 1. The van der Waals surface area contributed by atoms with Crippen LogP contribution < -0.4 is 0 Å². The standard InChI is InChI=1S/C27H32O7/c1-12(2)18-20(30)16(13(3)28)22(32)27(34)23(33)19-21(31)17-14(9-8-10-15(17)29)24(4,5)25(19,6)11-26(18,27)7/h8-10,12,18,29,31-32,34H,11H2,1-7H3/t18?,25-,26-,27+/m1/s1. The predicted molar refractivity (Wildman–Crippen MR) is 125 cm³/mol. The summed E-state index contributed by atoms with van der Waals surface area (Å²) >= 11 is 0. The lowest BCUT2D eigenvalue weighted by atomic mass is 9.39. The third-order valence-corrected chi connectivity index (χ3v) is 9.04. The van der Waals surface area contributed by atoms with Crippen LogP contribution >= 0.6 is 0 Å². The van der Waals surface area contributed by atoms with Crippen LogP contribution in [0.25, 0.3) is 5.76 Å². The first-order valence-electron chi connectivity index (χ1n) is 11.5. The zero-order valence-electron chi connectivity index (χ0n) is 20.6. The summed E-state index contributed by atoms with van der Waals surface area (Å²) in [5, 5.41) is 45.1. The third-order valence-electron chi connectivity index (χ3n) is 9.04. The molecule has 1 unspecified atom stereocenters. The molecule has 0 aliphatic heterocycles. The van der Waals surface area contributed by atoms with Gasteiger partial charge in [0.2, 0.25) is 5.78 Å². The van der Waals surface area contributed by atoms with Crippen LogP contribution in [0.1, 0.15) is 66.0 Å². The fraction of sp³-hybridized carbons (Fsp3) is 0.519. The Morgan fingerprint density at radius 1 is 1.06 bits per heavy atom. The van der Waals surface area contributed by atoms with Crippen molar-refractivity contribution in [3.8, 4) is 5.75 Å². The molecule has 0 saturated heterocycles. The largest absolute Gasteiger partial charge is 0.508 e. The second-order valence-corrected chi connectivity index (χ2v) is 11.4. The summed E-state index contributed by atoms with van der Waals surface area (Å²) in [6.45, 7) is 11.9. The van der Waals surface area contributed by atoms with Crippen molar-refractivity contribution in [2.24, 2.45) is 22.7 Å². The lowest BCUT2D eigenvalue weighted by molar-refractivity contribution is -0.182. The molecule has 0 heterocycles. The van der Waals surface area contributed by atoms with E-state index in [2.05, 4.69) is 0 Å². The van der Waals surface area contributed by atoms with E-state index in [1.54, 1.807) is 39.8 Å². The predicted octanol–water partition coefficient (Wildman–Crippen LogP) is 3.93. The molecule has 0 amide bonds. The van der Waals surface area contributed by atoms with E-state index >= 15 is 0 Å². The van der Waals surface area contributed by atoms with Crippen LogP contribution in [0.2, 0.25) is 0 Å². The van der Waals surface area contributed by atoms with Crippen LogP contribution in [0.5, 0.6) is 5.75 Å². The molecule has 7 nitrogen and oxygen atoms in total. The van der Waals surface area contributed by atoms with Gasteiger partial charge in [0.1, 0.15) is 22.8 Å². The van der Waals surface area contributed by atoms with Crippen LogP contribution in [0, 0.1) is 22.7 Å². The van der Waals surface area contributed by atoms with E-state index in [1.807, 2.05) is 13.8 Å². The van der Waals surface area contributed by atoms with Gasteiger partial charge in [0.15, 0.2) is 17.2 Å². The summed E-state index contributed by atoms with van der Waals surface area (Å²) in [5.74, 6) is -5.22. The molecular formula is C27H32O7. The van der Waals surface area contributed by atoms with E-state index in [0.717, 1.165) is 6.92 Å². The maximum Gasteiger partial charge on any atom is 0.203 e. The Morgan fingerprint density at radius 2 is 1.65 bits per heavy atom. The minimum absolute atomic E-state index is 0.0631. The number of phenols is 1. The van der Waals surface area contributed by atoms with Crippen LogP contribution in [0.4, 0.5) is 0 Å². The van der Waals surface area contributed by atoms with Gasteiger partial charge in [0.25, 0.3) is 0 Å². The highest BCUT2D eigenvalue weighted by molar-refractivity contribution is 6.24. The zero-order chi connectivity index (χ0) is 25.8. The van der Waals surface area contributed by atoms with Crippen molar-refractivity contribution in [3.05, 3.63) is 46.2 Å². The third kappa shape index (κ3) is 2.43. The van der Waals surface area contributed by atoms with Gasteiger partial charge < -0.3 is 20.4 Å². The lowest BCUT2D eigenvalue weighted by Gasteiger charge is -2.63. The Bertz CT molecular complexity index is 1230. The summed E-state index contributed by atoms with van der Waals surface area (Å²) < 4.78 is 0. The van der Waals surface area contributed by atoms with Crippen molar-refractivity contribution in [1.29, 1.82) is 0 Å². The van der Waals surface area contributed by atoms with E-state index in [1.165, 1.54) is 6.07 Å². The summed E-state index contributed by atoms with van der Waals surface area (Å²) in [6.07, 6.45) is 0.0631. The maximum atomic E-state index is 14.2. The van der Waals surface area contributed by atoms with Crippen LogP contribution in [0.3, 0.4) is 0 Å². The van der Waals surface area contributed by atoms with Crippen molar-refractivity contribution in [3.63, 3.8) is 0 Å². The molecule has 0 spiro atoms. The summed E-state index contributed by atoms with van der Waals surface area (Å²) in [4.78, 5) is 40.1. The number of ketones is 3. The number of rotatable bonds is 2. The minimum Gasteiger partial charge on any atom is -0.508 e. The highest BCUT2D eigenvalue weighted by atomic mass is 16.3. The quantitative estimate of drug-likeness (QED) is 0.484. The minimum atomic E-state index is -2.60. The fourth-order valence-electron chi connectivity index (χ4n) is 7.11. The molecule has 1 aromatic rings. The van der Waals surface area contributed by atoms with Crippen molar-refractivity contribution in [1.82, 2.24) is 0 Å². The molecule has 7 heteroatoms. The second kappa shape index (κ2) is 6.81. The Kier molecular flexibility index (Phi) is 4.85. The first-order valence-corrected chi connectivity index (χ1v) is 11.5. The molecule has 3 aliphatic rings. The Balaban J connectivity index is 2.16. The lowest BCUT2D eigenvalue weighted by Crippen LogP contribution is -2.71. The number of carbonyl (C=O) groups excluding carboxylic acids is 3. The molecule has 3 aliphatic carbocycles. The van der Waals surface area contributed by atoms with E-state index < -0.39 is 62.2 Å². The number of aliphatic hydroxyl groups is 3. The first kappa shape index (κ1) is 24.2. The van der Waals surface area contributed by atoms with E-state index in [9.17, 15) is 34.8 Å². The molecule has 4 atom stereocenters. The van der Waals surface area contributed by atoms with Gasteiger partial charge in [-0.05, 0) is 30.9 Å². The van der Waals surface area contributed by atoms with Crippen LogP contribution in [-0.4, -0.2) is 43.4 Å². The molecule has 1 saturated carbocycles.